The average molecular weight is 261 g/mol. The second-order valence-corrected chi connectivity index (χ2v) is 5.82. The lowest BCUT2D eigenvalue weighted by atomic mass is 10.4. The fourth-order valence-corrected chi connectivity index (χ4v) is 3.11. The molecule has 0 unspecified atom stereocenters. The van der Waals surface area contributed by atoms with Crippen LogP contribution in [0.15, 0.2) is 12.1 Å². The van der Waals surface area contributed by atoms with Crippen LogP contribution >= 0.6 is 11.3 Å². The molecular formula is C12H15N5S. The Kier molecular flexibility index (Phi) is 2.41. The van der Waals surface area contributed by atoms with Gasteiger partial charge in [-0.15, -0.1) is 11.3 Å². The average Bonchev–Trinajstić information content (AvgIpc) is 2.91. The number of hydrogen-bond donors (Lipinski definition) is 1. The Morgan fingerprint density at radius 1 is 1.33 bits per heavy atom. The fourth-order valence-electron chi connectivity index (χ4n) is 2.23. The summed E-state index contributed by atoms with van der Waals surface area (Å²) in [6, 6.07) is 4.26. The molecule has 0 aliphatic carbocycles. The zero-order chi connectivity index (χ0) is 12.9. The molecule has 6 heteroatoms. The maximum atomic E-state index is 6.01. The van der Waals surface area contributed by atoms with Crippen molar-refractivity contribution in [3.05, 3.63) is 27.6 Å². The minimum Gasteiger partial charge on any atom is -0.369 e. The van der Waals surface area contributed by atoms with Crippen molar-refractivity contribution in [1.29, 1.82) is 0 Å². The molecule has 3 aromatic heterocycles. The number of nitrogen functional groups attached to an aromatic ring is 1. The van der Waals surface area contributed by atoms with Crippen molar-refractivity contribution in [2.75, 3.05) is 5.73 Å². The van der Waals surface area contributed by atoms with Crippen molar-refractivity contribution in [3.63, 3.8) is 0 Å². The van der Waals surface area contributed by atoms with Crippen LogP contribution in [0.3, 0.4) is 0 Å². The minimum atomic E-state index is 0.548. The summed E-state index contributed by atoms with van der Waals surface area (Å²) < 4.78 is 3.86. The number of hydrogen-bond acceptors (Lipinski definition) is 4. The third-order valence-corrected chi connectivity index (χ3v) is 4.01. The number of rotatable bonds is 2. The second kappa shape index (κ2) is 3.84. The van der Waals surface area contributed by atoms with E-state index in [9.17, 15) is 0 Å². The van der Waals surface area contributed by atoms with Gasteiger partial charge in [-0.2, -0.15) is 5.10 Å². The van der Waals surface area contributed by atoms with Gasteiger partial charge >= 0.3 is 0 Å². The van der Waals surface area contributed by atoms with Gasteiger partial charge < -0.3 is 5.73 Å². The van der Waals surface area contributed by atoms with E-state index in [1.54, 1.807) is 11.3 Å². The number of aromatic nitrogens is 4. The van der Waals surface area contributed by atoms with Crippen LogP contribution in [0, 0.1) is 13.8 Å². The first-order chi connectivity index (χ1) is 8.56. The molecule has 0 amide bonds. The summed E-state index contributed by atoms with van der Waals surface area (Å²) in [5.74, 6) is 0.548. The molecule has 0 bridgehead atoms. The van der Waals surface area contributed by atoms with E-state index in [0.717, 1.165) is 23.4 Å². The molecule has 18 heavy (non-hydrogen) atoms. The molecule has 0 saturated carbocycles. The number of nitrogens with zero attached hydrogens (tertiary/aromatic N) is 4. The van der Waals surface area contributed by atoms with Gasteiger partial charge in [-0.1, -0.05) is 0 Å². The Labute approximate surface area is 109 Å². The SMILES string of the molecule is Cc1ccc(Cn2c(N)nc3c(C)nn(C)c32)s1. The molecule has 3 heterocycles. The van der Waals surface area contributed by atoms with Crippen molar-refractivity contribution in [2.24, 2.45) is 7.05 Å². The van der Waals surface area contributed by atoms with E-state index in [2.05, 4.69) is 29.1 Å². The van der Waals surface area contributed by atoms with Gasteiger partial charge in [0.25, 0.3) is 0 Å². The number of fused-ring (bicyclic) bond motifs is 1. The predicted octanol–water partition coefficient (Wildman–Crippen LogP) is 2.08. The lowest BCUT2D eigenvalue weighted by molar-refractivity contribution is 0.729. The molecule has 94 valence electrons. The summed E-state index contributed by atoms with van der Waals surface area (Å²) in [6.45, 7) is 4.81. The molecule has 2 N–H and O–H groups in total. The topological polar surface area (TPSA) is 61.7 Å². The van der Waals surface area contributed by atoms with Crippen molar-refractivity contribution < 1.29 is 0 Å². The Morgan fingerprint density at radius 3 is 2.78 bits per heavy atom. The third kappa shape index (κ3) is 1.60. The third-order valence-electron chi connectivity index (χ3n) is 3.03. The zero-order valence-electron chi connectivity index (χ0n) is 10.6. The zero-order valence-corrected chi connectivity index (χ0v) is 11.5. The molecule has 0 aromatic carbocycles. The molecule has 0 atom stereocenters. The van der Waals surface area contributed by atoms with Crippen LogP contribution in [0.1, 0.15) is 15.4 Å². The summed E-state index contributed by atoms with van der Waals surface area (Å²) in [4.78, 5) is 6.98. The Morgan fingerprint density at radius 2 is 2.11 bits per heavy atom. The van der Waals surface area contributed by atoms with E-state index in [1.165, 1.54) is 9.75 Å². The summed E-state index contributed by atoms with van der Waals surface area (Å²) in [7, 11) is 1.92. The summed E-state index contributed by atoms with van der Waals surface area (Å²) >= 11 is 1.78. The molecule has 0 aliphatic rings. The summed E-state index contributed by atoms with van der Waals surface area (Å²) in [6.07, 6.45) is 0. The number of aryl methyl sites for hydroxylation is 3. The maximum absolute atomic E-state index is 6.01. The van der Waals surface area contributed by atoms with Gasteiger partial charge in [0, 0.05) is 16.8 Å². The van der Waals surface area contributed by atoms with E-state index in [0.29, 0.717) is 5.95 Å². The number of thiophene rings is 1. The molecule has 0 aliphatic heterocycles. The van der Waals surface area contributed by atoms with Crippen molar-refractivity contribution in [1.82, 2.24) is 19.3 Å². The van der Waals surface area contributed by atoms with Gasteiger partial charge in [0.1, 0.15) is 5.52 Å². The van der Waals surface area contributed by atoms with Gasteiger partial charge in [-0.05, 0) is 26.0 Å². The number of anilines is 1. The van der Waals surface area contributed by atoms with E-state index < -0.39 is 0 Å². The minimum absolute atomic E-state index is 0.548. The van der Waals surface area contributed by atoms with Crippen LogP contribution in [0.2, 0.25) is 0 Å². The fraction of sp³-hybridized carbons (Fsp3) is 0.333. The maximum Gasteiger partial charge on any atom is 0.202 e. The second-order valence-electron chi connectivity index (χ2n) is 4.45. The number of imidazole rings is 1. The van der Waals surface area contributed by atoms with Gasteiger partial charge in [0.15, 0.2) is 5.65 Å². The Hall–Kier alpha value is -1.82. The molecule has 0 radical (unpaired) electrons. The van der Waals surface area contributed by atoms with Gasteiger partial charge in [-0.3, -0.25) is 9.25 Å². The molecule has 0 saturated heterocycles. The van der Waals surface area contributed by atoms with Crippen LogP contribution in [0.5, 0.6) is 0 Å². The quantitative estimate of drug-likeness (QED) is 0.768. The first kappa shape index (κ1) is 11.3. The monoisotopic (exact) mass is 261 g/mol. The lowest BCUT2D eigenvalue weighted by Gasteiger charge is -2.04. The highest BCUT2D eigenvalue weighted by Gasteiger charge is 2.16. The Balaban J connectivity index is 2.13. The van der Waals surface area contributed by atoms with Crippen LogP contribution in [-0.2, 0) is 13.6 Å². The highest BCUT2D eigenvalue weighted by Crippen LogP contribution is 2.23. The molecular weight excluding hydrogens is 246 g/mol. The predicted molar refractivity (Wildman–Crippen MR) is 73.8 cm³/mol. The van der Waals surface area contributed by atoms with E-state index in [4.69, 9.17) is 5.73 Å². The molecule has 3 rings (SSSR count). The van der Waals surface area contributed by atoms with E-state index in [1.807, 2.05) is 23.2 Å². The van der Waals surface area contributed by atoms with E-state index >= 15 is 0 Å². The smallest absolute Gasteiger partial charge is 0.202 e. The van der Waals surface area contributed by atoms with Crippen LogP contribution in [0.25, 0.3) is 11.2 Å². The van der Waals surface area contributed by atoms with Crippen molar-refractivity contribution >= 4 is 28.4 Å². The van der Waals surface area contributed by atoms with Crippen LogP contribution < -0.4 is 5.73 Å². The standard InChI is InChI=1S/C12H15N5S/c1-7-4-5-9(18-7)6-17-11-10(14-12(17)13)8(2)15-16(11)3/h4-5H,6H2,1-3H3,(H2,13,14). The molecule has 5 nitrogen and oxygen atoms in total. The Bertz CT molecular complexity index is 718. The lowest BCUT2D eigenvalue weighted by Crippen LogP contribution is -2.07. The highest BCUT2D eigenvalue weighted by molar-refractivity contribution is 7.11. The summed E-state index contributed by atoms with van der Waals surface area (Å²) in [5.41, 5.74) is 8.80. The normalized spacial score (nSPS) is 11.5. The molecule has 0 fully saturated rings. The molecule has 3 aromatic rings. The first-order valence-corrected chi connectivity index (χ1v) is 6.58. The van der Waals surface area contributed by atoms with Gasteiger partial charge in [-0.25, -0.2) is 4.98 Å². The first-order valence-electron chi connectivity index (χ1n) is 5.77. The number of nitrogens with two attached hydrogens (primary N) is 1. The van der Waals surface area contributed by atoms with Crippen LogP contribution in [0.4, 0.5) is 5.95 Å². The summed E-state index contributed by atoms with van der Waals surface area (Å²) in [5, 5.41) is 4.38. The van der Waals surface area contributed by atoms with Crippen LogP contribution in [-0.4, -0.2) is 19.3 Å². The van der Waals surface area contributed by atoms with Crippen molar-refractivity contribution in [3.8, 4) is 0 Å². The molecule has 0 spiro atoms. The van der Waals surface area contributed by atoms with Gasteiger partial charge in [0.05, 0.1) is 12.2 Å². The largest absolute Gasteiger partial charge is 0.369 e. The van der Waals surface area contributed by atoms with Gasteiger partial charge in [0.2, 0.25) is 5.95 Å². The highest BCUT2D eigenvalue weighted by atomic mass is 32.1. The van der Waals surface area contributed by atoms with Crippen molar-refractivity contribution in [2.45, 2.75) is 20.4 Å². The van der Waals surface area contributed by atoms with E-state index in [-0.39, 0.29) is 0 Å².